The summed E-state index contributed by atoms with van der Waals surface area (Å²) in [6.07, 6.45) is 2.68. The Hall–Kier alpha value is -2.85. The normalized spacial score (nSPS) is 11.7. The van der Waals surface area contributed by atoms with Crippen molar-refractivity contribution in [3.05, 3.63) is 41.6 Å². The van der Waals surface area contributed by atoms with Crippen molar-refractivity contribution in [1.82, 2.24) is 15.1 Å². The van der Waals surface area contributed by atoms with Crippen molar-refractivity contribution in [1.29, 1.82) is 5.26 Å². The summed E-state index contributed by atoms with van der Waals surface area (Å²) in [4.78, 5) is 12.2. The van der Waals surface area contributed by atoms with E-state index in [0.717, 1.165) is 6.42 Å². The van der Waals surface area contributed by atoms with E-state index in [1.165, 1.54) is 10.9 Å². The standard InChI is InChI=1S/C16H19N5O2/c1-2-13(7-8-22)20-16(23)11-3-5-14(6-4-11)21-15(18)12(9-17)10-19-21/h3-6,10,13,22H,2,7-8,18H2,1H3,(H,20,23). The first-order valence-electron chi connectivity index (χ1n) is 7.36. The van der Waals surface area contributed by atoms with Gasteiger partial charge in [0.15, 0.2) is 0 Å². The van der Waals surface area contributed by atoms with Crippen LogP contribution < -0.4 is 11.1 Å². The Balaban J connectivity index is 2.14. The second-order valence-corrected chi connectivity index (χ2v) is 5.10. The largest absolute Gasteiger partial charge is 0.396 e. The molecular weight excluding hydrogens is 294 g/mol. The highest BCUT2D eigenvalue weighted by molar-refractivity contribution is 5.94. The average molecular weight is 313 g/mol. The number of nitrogen functional groups attached to an aromatic ring is 1. The third kappa shape index (κ3) is 3.67. The van der Waals surface area contributed by atoms with E-state index >= 15 is 0 Å². The minimum atomic E-state index is -0.192. The number of nitriles is 1. The van der Waals surface area contributed by atoms with Crippen LogP contribution in [0.25, 0.3) is 5.69 Å². The Bertz CT molecular complexity index is 715. The number of carbonyl (C=O) groups excluding carboxylic acids is 1. The molecule has 7 heteroatoms. The molecule has 23 heavy (non-hydrogen) atoms. The molecule has 0 aliphatic carbocycles. The molecule has 2 rings (SSSR count). The molecule has 4 N–H and O–H groups in total. The van der Waals surface area contributed by atoms with Crippen molar-refractivity contribution in [3.8, 4) is 11.8 Å². The summed E-state index contributed by atoms with van der Waals surface area (Å²) in [7, 11) is 0. The lowest BCUT2D eigenvalue weighted by molar-refractivity contribution is 0.0929. The first-order chi connectivity index (χ1) is 11.1. The lowest BCUT2D eigenvalue weighted by Crippen LogP contribution is -2.35. The number of nitrogens with one attached hydrogen (secondary N) is 1. The fourth-order valence-corrected chi connectivity index (χ4v) is 2.21. The number of amides is 1. The summed E-state index contributed by atoms with van der Waals surface area (Å²) in [5.74, 6) is 0.0710. The van der Waals surface area contributed by atoms with Gasteiger partial charge in [-0.25, -0.2) is 4.68 Å². The number of hydrogen-bond donors (Lipinski definition) is 3. The van der Waals surface area contributed by atoms with Gasteiger partial charge < -0.3 is 16.2 Å². The smallest absolute Gasteiger partial charge is 0.251 e. The number of aromatic nitrogens is 2. The molecule has 0 bridgehead atoms. The van der Waals surface area contributed by atoms with Gasteiger partial charge in [-0.2, -0.15) is 10.4 Å². The third-order valence-corrected chi connectivity index (χ3v) is 3.61. The molecule has 1 aromatic carbocycles. The number of aliphatic hydroxyl groups is 1. The van der Waals surface area contributed by atoms with Gasteiger partial charge in [-0.1, -0.05) is 6.92 Å². The molecule has 0 aliphatic heterocycles. The van der Waals surface area contributed by atoms with Gasteiger partial charge in [-0.05, 0) is 37.1 Å². The monoisotopic (exact) mass is 313 g/mol. The van der Waals surface area contributed by atoms with Crippen LogP contribution in [0.1, 0.15) is 35.7 Å². The van der Waals surface area contributed by atoms with Gasteiger partial charge in [0.05, 0.1) is 11.9 Å². The predicted molar refractivity (Wildman–Crippen MR) is 85.9 cm³/mol. The SMILES string of the molecule is CCC(CCO)NC(=O)c1ccc(-n2ncc(C#N)c2N)cc1. The van der Waals surface area contributed by atoms with Gasteiger partial charge >= 0.3 is 0 Å². The van der Waals surface area contributed by atoms with E-state index in [0.29, 0.717) is 23.2 Å². The maximum atomic E-state index is 12.2. The predicted octanol–water partition coefficient (Wildman–Crippen LogP) is 1.22. The maximum Gasteiger partial charge on any atom is 0.251 e. The lowest BCUT2D eigenvalue weighted by atomic mass is 10.1. The molecule has 0 radical (unpaired) electrons. The number of aliphatic hydroxyl groups excluding tert-OH is 1. The van der Waals surface area contributed by atoms with Gasteiger partial charge in [-0.3, -0.25) is 4.79 Å². The minimum Gasteiger partial charge on any atom is -0.396 e. The Morgan fingerprint density at radius 3 is 2.70 bits per heavy atom. The third-order valence-electron chi connectivity index (χ3n) is 3.61. The fraction of sp³-hybridized carbons (Fsp3) is 0.312. The Morgan fingerprint density at radius 1 is 1.48 bits per heavy atom. The Kier molecular flexibility index (Phi) is 5.33. The topological polar surface area (TPSA) is 117 Å². The highest BCUT2D eigenvalue weighted by atomic mass is 16.3. The van der Waals surface area contributed by atoms with E-state index in [1.807, 2.05) is 13.0 Å². The Morgan fingerprint density at radius 2 is 2.17 bits per heavy atom. The van der Waals surface area contributed by atoms with Gasteiger partial charge in [0.2, 0.25) is 0 Å². The van der Waals surface area contributed by atoms with E-state index in [9.17, 15) is 4.79 Å². The maximum absolute atomic E-state index is 12.2. The molecule has 0 fully saturated rings. The highest BCUT2D eigenvalue weighted by Gasteiger charge is 2.13. The molecule has 1 atom stereocenters. The molecule has 1 aromatic heterocycles. The number of benzene rings is 1. The molecule has 7 nitrogen and oxygen atoms in total. The van der Waals surface area contributed by atoms with E-state index in [4.69, 9.17) is 16.1 Å². The van der Waals surface area contributed by atoms with Crippen LogP contribution in [0.3, 0.4) is 0 Å². The molecule has 1 heterocycles. The van der Waals surface area contributed by atoms with Gasteiger partial charge in [0.25, 0.3) is 5.91 Å². The summed E-state index contributed by atoms with van der Waals surface area (Å²) in [5.41, 5.74) is 7.32. The summed E-state index contributed by atoms with van der Waals surface area (Å²) < 4.78 is 1.45. The zero-order chi connectivity index (χ0) is 16.8. The number of hydrogen-bond acceptors (Lipinski definition) is 5. The molecule has 0 aliphatic rings. The zero-order valence-electron chi connectivity index (χ0n) is 12.9. The van der Waals surface area contributed by atoms with Crippen LogP contribution in [0.4, 0.5) is 5.82 Å². The first kappa shape index (κ1) is 16.5. The van der Waals surface area contributed by atoms with Crippen molar-refractivity contribution < 1.29 is 9.90 Å². The average Bonchev–Trinajstić information content (AvgIpc) is 2.95. The van der Waals surface area contributed by atoms with Crippen molar-refractivity contribution >= 4 is 11.7 Å². The Labute approximate surface area is 134 Å². The first-order valence-corrected chi connectivity index (χ1v) is 7.36. The quantitative estimate of drug-likeness (QED) is 0.741. The highest BCUT2D eigenvalue weighted by Crippen LogP contribution is 2.17. The van der Waals surface area contributed by atoms with Crippen LogP contribution in [-0.4, -0.2) is 33.4 Å². The van der Waals surface area contributed by atoms with Crippen LogP contribution >= 0.6 is 0 Å². The molecule has 0 saturated heterocycles. The number of nitrogens with two attached hydrogens (primary N) is 1. The molecule has 120 valence electrons. The van der Waals surface area contributed by atoms with Crippen molar-refractivity contribution in [3.63, 3.8) is 0 Å². The minimum absolute atomic E-state index is 0.0392. The molecule has 1 unspecified atom stereocenters. The van der Waals surface area contributed by atoms with E-state index in [1.54, 1.807) is 24.3 Å². The molecule has 0 saturated carbocycles. The summed E-state index contributed by atoms with van der Waals surface area (Å²) >= 11 is 0. The van der Waals surface area contributed by atoms with E-state index in [-0.39, 0.29) is 24.4 Å². The molecular formula is C16H19N5O2. The van der Waals surface area contributed by atoms with Crippen LogP contribution in [0.5, 0.6) is 0 Å². The number of carbonyl (C=O) groups is 1. The summed E-state index contributed by atoms with van der Waals surface area (Å²) in [6, 6.07) is 8.68. The fourth-order valence-electron chi connectivity index (χ4n) is 2.21. The van der Waals surface area contributed by atoms with Crippen LogP contribution in [0, 0.1) is 11.3 Å². The van der Waals surface area contributed by atoms with E-state index in [2.05, 4.69) is 10.4 Å². The van der Waals surface area contributed by atoms with Gasteiger partial charge in [0, 0.05) is 18.2 Å². The molecule has 2 aromatic rings. The van der Waals surface area contributed by atoms with Crippen molar-refractivity contribution in [2.45, 2.75) is 25.8 Å². The summed E-state index contributed by atoms with van der Waals surface area (Å²) in [6.45, 7) is 1.99. The summed E-state index contributed by atoms with van der Waals surface area (Å²) in [5, 5.41) is 24.8. The zero-order valence-corrected chi connectivity index (χ0v) is 12.9. The van der Waals surface area contributed by atoms with Gasteiger partial charge in [0.1, 0.15) is 17.5 Å². The van der Waals surface area contributed by atoms with Crippen molar-refractivity contribution in [2.75, 3.05) is 12.3 Å². The number of anilines is 1. The van der Waals surface area contributed by atoms with Crippen molar-refractivity contribution in [2.24, 2.45) is 0 Å². The number of rotatable bonds is 6. The number of nitrogens with zero attached hydrogens (tertiary/aromatic N) is 3. The van der Waals surface area contributed by atoms with E-state index < -0.39 is 0 Å². The molecule has 1 amide bonds. The second kappa shape index (κ2) is 7.42. The molecule has 0 spiro atoms. The second-order valence-electron chi connectivity index (χ2n) is 5.10. The van der Waals surface area contributed by atoms with Crippen LogP contribution in [0.2, 0.25) is 0 Å². The lowest BCUT2D eigenvalue weighted by Gasteiger charge is -2.15. The van der Waals surface area contributed by atoms with Gasteiger partial charge in [-0.15, -0.1) is 0 Å². The van der Waals surface area contributed by atoms with Crippen LogP contribution in [-0.2, 0) is 0 Å². The van der Waals surface area contributed by atoms with Crippen LogP contribution in [0.15, 0.2) is 30.5 Å².